The van der Waals surface area contributed by atoms with E-state index in [1.54, 1.807) is 24.0 Å². The summed E-state index contributed by atoms with van der Waals surface area (Å²) >= 11 is 1.55. The highest BCUT2D eigenvalue weighted by Crippen LogP contribution is 2.26. The summed E-state index contributed by atoms with van der Waals surface area (Å²) < 4.78 is 0. The van der Waals surface area contributed by atoms with Crippen molar-refractivity contribution in [1.29, 1.82) is 0 Å². The van der Waals surface area contributed by atoms with Crippen molar-refractivity contribution >= 4 is 29.5 Å². The molecule has 0 fully saturated rings. The summed E-state index contributed by atoms with van der Waals surface area (Å²) in [6.07, 6.45) is 4.00. The van der Waals surface area contributed by atoms with Gasteiger partial charge in [-0.15, -0.1) is 0 Å². The fraction of sp³-hybridized carbons (Fsp3) is 0.208. The molecular formula is C24H25N3O3S. The van der Waals surface area contributed by atoms with Crippen molar-refractivity contribution < 1.29 is 14.7 Å². The highest BCUT2D eigenvalue weighted by Gasteiger charge is 2.22. The Morgan fingerprint density at radius 1 is 1.06 bits per heavy atom. The predicted octanol–water partition coefficient (Wildman–Crippen LogP) is 4.30. The third-order valence-corrected chi connectivity index (χ3v) is 5.41. The van der Waals surface area contributed by atoms with Crippen LogP contribution in [0.2, 0.25) is 0 Å². The molecule has 0 saturated carbocycles. The van der Waals surface area contributed by atoms with E-state index in [1.807, 2.05) is 66.9 Å². The molecule has 1 heterocycles. The van der Waals surface area contributed by atoms with Gasteiger partial charge in [0.2, 0.25) is 0 Å². The minimum atomic E-state index is -1.03. The third-order valence-electron chi connectivity index (χ3n) is 4.77. The number of carbonyl (C=O) groups is 2. The maximum atomic E-state index is 13.0. The lowest BCUT2D eigenvalue weighted by Gasteiger charge is -2.17. The minimum Gasteiger partial charge on any atom is -0.480 e. The molecule has 0 radical (unpaired) electrons. The fourth-order valence-electron chi connectivity index (χ4n) is 3.14. The first-order valence-electron chi connectivity index (χ1n) is 9.94. The summed E-state index contributed by atoms with van der Waals surface area (Å²) in [6.45, 7) is 0.546. The Labute approximate surface area is 186 Å². The Morgan fingerprint density at radius 3 is 2.52 bits per heavy atom. The largest absolute Gasteiger partial charge is 0.480 e. The van der Waals surface area contributed by atoms with Gasteiger partial charge >= 0.3 is 5.97 Å². The van der Waals surface area contributed by atoms with Crippen molar-refractivity contribution in [3.63, 3.8) is 0 Å². The van der Waals surface area contributed by atoms with Crippen LogP contribution >= 0.6 is 11.8 Å². The number of hydrogen-bond donors (Lipinski definition) is 3. The Morgan fingerprint density at radius 2 is 1.84 bits per heavy atom. The average molecular weight is 436 g/mol. The molecule has 0 saturated heterocycles. The van der Waals surface area contributed by atoms with Crippen LogP contribution in [-0.4, -0.2) is 40.0 Å². The van der Waals surface area contributed by atoms with Crippen LogP contribution in [0.15, 0.2) is 72.9 Å². The van der Waals surface area contributed by atoms with Gasteiger partial charge in [-0.1, -0.05) is 42.5 Å². The molecule has 3 N–H and O–H groups in total. The molecule has 0 aliphatic rings. The van der Waals surface area contributed by atoms with E-state index in [0.717, 1.165) is 22.5 Å². The molecule has 7 heteroatoms. The topological polar surface area (TPSA) is 91.3 Å². The molecule has 1 aromatic heterocycles. The molecule has 0 spiro atoms. The zero-order valence-corrected chi connectivity index (χ0v) is 18.1. The van der Waals surface area contributed by atoms with E-state index in [4.69, 9.17) is 0 Å². The second-order valence-electron chi connectivity index (χ2n) is 6.96. The molecule has 3 aromatic rings. The van der Waals surface area contributed by atoms with Crippen molar-refractivity contribution in [2.24, 2.45) is 0 Å². The number of carbonyl (C=O) groups excluding carboxylic acids is 1. The van der Waals surface area contributed by atoms with E-state index in [-0.39, 0.29) is 0 Å². The highest BCUT2D eigenvalue weighted by atomic mass is 32.2. The first-order valence-corrected chi connectivity index (χ1v) is 11.3. The number of hydrogen-bond acceptors (Lipinski definition) is 5. The molecule has 160 valence electrons. The zero-order chi connectivity index (χ0) is 22.1. The standard InChI is InChI=1S/C24H25N3O3S/c1-31-14-12-21(24(29)30)27-23(28)19-11-10-17(16-26-22-9-5-6-13-25-22)15-20(19)18-7-3-2-4-8-18/h2-11,13,15,21H,12,14,16H2,1H3,(H,25,26)(H,27,28)(H,29,30)/t21-/m0/s1. The second-order valence-corrected chi connectivity index (χ2v) is 7.95. The monoisotopic (exact) mass is 435 g/mol. The molecule has 1 amide bonds. The van der Waals surface area contributed by atoms with Crippen LogP contribution < -0.4 is 10.6 Å². The van der Waals surface area contributed by atoms with E-state index in [9.17, 15) is 14.7 Å². The molecule has 0 bridgehead atoms. The minimum absolute atomic E-state index is 0.370. The molecule has 2 aromatic carbocycles. The summed E-state index contributed by atoms with van der Waals surface area (Å²) in [4.78, 5) is 28.8. The van der Waals surface area contributed by atoms with Gasteiger partial charge < -0.3 is 15.7 Å². The normalized spacial score (nSPS) is 11.5. The van der Waals surface area contributed by atoms with E-state index >= 15 is 0 Å². The number of thioether (sulfide) groups is 1. The van der Waals surface area contributed by atoms with Crippen LogP contribution in [0.25, 0.3) is 11.1 Å². The van der Waals surface area contributed by atoms with Crippen molar-refractivity contribution in [1.82, 2.24) is 10.3 Å². The Kier molecular flexibility index (Phi) is 8.06. The van der Waals surface area contributed by atoms with E-state index in [1.165, 1.54) is 0 Å². The van der Waals surface area contributed by atoms with Gasteiger partial charge in [-0.2, -0.15) is 11.8 Å². The van der Waals surface area contributed by atoms with Crippen LogP contribution in [0, 0.1) is 0 Å². The number of nitrogens with zero attached hydrogens (tertiary/aromatic N) is 1. The van der Waals surface area contributed by atoms with E-state index in [2.05, 4.69) is 15.6 Å². The van der Waals surface area contributed by atoms with E-state index < -0.39 is 17.9 Å². The van der Waals surface area contributed by atoms with Gasteiger partial charge in [0, 0.05) is 18.3 Å². The molecular weight excluding hydrogens is 410 g/mol. The second kappa shape index (κ2) is 11.2. The number of benzene rings is 2. The Bertz CT molecular complexity index is 1010. The smallest absolute Gasteiger partial charge is 0.326 e. The summed E-state index contributed by atoms with van der Waals surface area (Å²) in [6, 6.07) is 19.9. The summed E-state index contributed by atoms with van der Waals surface area (Å²) in [5.41, 5.74) is 3.08. The van der Waals surface area contributed by atoms with Crippen molar-refractivity contribution in [2.45, 2.75) is 19.0 Å². The number of carboxylic acid groups (broad SMARTS) is 1. The predicted molar refractivity (Wildman–Crippen MR) is 125 cm³/mol. The Balaban J connectivity index is 1.86. The lowest BCUT2D eigenvalue weighted by molar-refractivity contribution is -0.139. The maximum absolute atomic E-state index is 13.0. The summed E-state index contributed by atoms with van der Waals surface area (Å²) in [5, 5.41) is 15.4. The molecule has 0 unspecified atom stereocenters. The number of aromatic nitrogens is 1. The average Bonchev–Trinajstić information content (AvgIpc) is 2.81. The zero-order valence-electron chi connectivity index (χ0n) is 17.2. The van der Waals surface area contributed by atoms with Crippen LogP contribution in [0.4, 0.5) is 5.82 Å². The molecule has 1 atom stereocenters. The quantitative estimate of drug-likeness (QED) is 0.440. The van der Waals surface area contributed by atoms with E-state index in [0.29, 0.717) is 24.3 Å². The number of rotatable bonds is 10. The third kappa shape index (κ3) is 6.33. The van der Waals surface area contributed by atoms with Gasteiger partial charge in [0.05, 0.1) is 0 Å². The molecule has 6 nitrogen and oxygen atoms in total. The molecule has 31 heavy (non-hydrogen) atoms. The van der Waals surface area contributed by atoms with Gasteiger partial charge in [-0.05, 0) is 59.4 Å². The molecule has 0 aliphatic carbocycles. The number of amides is 1. The number of nitrogens with one attached hydrogen (secondary N) is 2. The number of aliphatic carboxylic acids is 1. The number of pyridine rings is 1. The molecule has 3 rings (SSSR count). The van der Waals surface area contributed by atoms with Crippen molar-refractivity contribution in [3.05, 3.63) is 84.1 Å². The number of carboxylic acids is 1. The highest BCUT2D eigenvalue weighted by molar-refractivity contribution is 7.98. The van der Waals surface area contributed by atoms with Crippen LogP contribution in [-0.2, 0) is 11.3 Å². The summed E-state index contributed by atoms with van der Waals surface area (Å²) in [7, 11) is 0. The van der Waals surface area contributed by atoms with Crippen LogP contribution in [0.3, 0.4) is 0 Å². The van der Waals surface area contributed by atoms with Gasteiger partial charge in [-0.25, -0.2) is 9.78 Å². The Hall–Kier alpha value is -3.32. The number of anilines is 1. The van der Waals surface area contributed by atoms with Gasteiger partial charge in [0.25, 0.3) is 5.91 Å². The van der Waals surface area contributed by atoms with Gasteiger partial charge in [0.15, 0.2) is 0 Å². The van der Waals surface area contributed by atoms with Gasteiger partial charge in [-0.3, -0.25) is 4.79 Å². The van der Waals surface area contributed by atoms with Crippen molar-refractivity contribution in [2.75, 3.05) is 17.3 Å². The lowest BCUT2D eigenvalue weighted by Crippen LogP contribution is -2.41. The summed E-state index contributed by atoms with van der Waals surface area (Å²) in [5.74, 6) is 0.00101. The van der Waals surface area contributed by atoms with Gasteiger partial charge in [0.1, 0.15) is 11.9 Å². The molecule has 0 aliphatic heterocycles. The van der Waals surface area contributed by atoms with Crippen molar-refractivity contribution in [3.8, 4) is 11.1 Å². The van der Waals surface area contributed by atoms with Crippen LogP contribution in [0.5, 0.6) is 0 Å². The first-order chi connectivity index (χ1) is 15.1. The first kappa shape index (κ1) is 22.4. The SMILES string of the molecule is CSCC[C@H](NC(=O)c1ccc(CNc2ccccn2)cc1-c1ccccc1)C(=O)O. The lowest BCUT2D eigenvalue weighted by atomic mass is 9.96. The maximum Gasteiger partial charge on any atom is 0.326 e. The fourth-order valence-corrected chi connectivity index (χ4v) is 3.62. The van der Waals surface area contributed by atoms with Crippen LogP contribution in [0.1, 0.15) is 22.3 Å².